The molecule has 0 N–H and O–H groups in total. The van der Waals surface area contributed by atoms with Crippen molar-refractivity contribution in [3.63, 3.8) is 0 Å². The van der Waals surface area contributed by atoms with Crippen molar-refractivity contribution in [2.45, 2.75) is 25.1 Å². The van der Waals surface area contributed by atoms with Crippen molar-refractivity contribution in [2.75, 3.05) is 18.2 Å². The Morgan fingerprint density at radius 2 is 1.87 bits per heavy atom. The number of sulfone groups is 1. The van der Waals surface area contributed by atoms with E-state index < -0.39 is 15.1 Å². The summed E-state index contributed by atoms with van der Waals surface area (Å²) in [5.41, 5.74) is 2.04. The van der Waals surface area contributed by atoms with Gasteiger partial charge in [-0.05, 0) is 26.0 Å². The minimum absolute atomic E-state index is 0.253. The molecule has 0 aliphatic carbocycles. The molecule has 0 spiro atoms. The molecule has 0 unspecified atom stereocenters. The van der Waals surface area contributed by atoms with Crippen LogP contribution in [0.4, 0.5) is 5.82 Å². The number of nitrogens with zero attached hydrogens (tertiary/aromatic N) is 3. The molecule has 7 heteroatoms. The van der Waals surface area contributed by atoms with E-state index in [4.69, 9.17) is 4.42 Å². The summed E-state index contributed by atoms with van der Waals surface area (Å²) in [7, 11) is -1.33. The smallest absolute Gasteiger partial charge is 0.196 e. The molecular formula is C16H19N3O3S. The minimum atomic E-state index is -3.15. The molecule has 0 saturated carbocycles. The van der Waals surface area contributed by atoms with Crippen molar-refractivity contribution in [3.8, 4) is 0 Å². The van der Waals surface area contributed by atoms with Crippen LogP contribution in [0, 0.1) is 0 Å². The van der Waals surface area contributed by atoms with E-state index in [1.54, 1.807) is 6.92 Å². The number of aromatic nitrogens is 2. The lowest BCUT2D eigenvalue weighted by Gasteiger charge is -2.29. The Hall–Kier alpha value is -2.15. The maximum absolute atomic E-state index is 11.8. The molecule has 3 rings (SSSR count). The fourth-order valence-electron chi connectivity index (χ4n) is 2.63. The number of furan rings is 1. The van der Waals surface area contributed by atoms with Gasteiger partial charge in [-0.25, -0.2) is 18.4 Å². The molecule has 3 aromatic rings. The van der Waals surface area contributed by atoms with Crippen molar-refractivity contribution >= 4 is 37.7 Å². The van der Waals surface area contributed by atoms with E-state index >= 15 is 0 Å². The van der Waals surface area contributed by atoms with Gasteiger partial charge in [-0.1, -0.05) is 12.1 Å². The Kier molecular flexibility index (Phi) is 3.75. The number of fused-ring (bicyclic) bond motifs is 3. The number of para-hydroxylation sites is 1. The Labute approximate surface area is 135 Å². The zero-order valence-electron chi connectivity index (χ0n) is 13.5. The maximum atomic E-state index is 11.8. The first-order valence-corrected chi connectivity index (χ1v) is 9.30. The van der Waals surface area contributed by atoms with Gasteiger partial charge in [-0.3, -0.25) is 0 Å². The Balaban J connectivity index is 2.12. The fourth-order valence-corrected chi connectivity index (χ4v) is 3.53. The highest BCUT2D eigenvalue weighted by Gasteiger charge is 2.28. The fraction of sp³-hybridized carbons (Fsp3) is 0.375. The van der Waals surface area contributed by atoms with Crippen LogP contribution in [0.1, 0.15) is 13.8 Å². The summed E-state index contributed by atoms with van der Waals surface area (Å²) >= 11 is 0. The van der Waals surface area contributed by atoms with Gasteiger partial charge in [0.2, 0.25) is 0 Å². The summed E-state index contributed by atoms with van der Waals surface area (Å²) in [5, 5.41) is 0.394. The quantitative estimate of drug-likeness (QED) is 0.730. The molecule has 6 nitrogen and oxygen atoms in total. The van der Waals surface area contributed by atoms with Crippen molar-refractivity contribution in [1.82, 2.24) is 9.97 Å². The third-order valence-corrected chi connectivity index (χ3v) is 6.18. The first-order valence-electron chi connectivity index (χ1n) is 7.34. The average Bonchev–Trinajstić information content (AvgIpc) is 2.90. The molecule has 23 heavy (non-hydrogen) atoms. The van der Waals surface area contributed by atoms with Gasteiger partial charge in [-0.15, -0.1) is 0 Å². The largest absolute Gasteiger partial charge is 0.450 e. The normalized spacial score (nSPS) is 15.0. The van der Waals surface area contributed by atoms with E-state index in [9.17, 15) is 8.42 Å². The van der Waals surface area contributed by atoms with Crippen LogP contribution in [-0.4, -0.2) is 43.0 Å². The molecule has 0 fully saturated rings. The second-order valence-electron chi connectivity index (χ2n) is 5.86. The summed E-state index contributed by atoms with van der Waals surface area (Å²) in [6.45, 7) is 3.57. The molecule has 2 heterocycles. The van der Waals surface area contributed by atoms with E-state index in [0.29, 0.717) is 11.4 Å². The van der Waals surface area contributed by atoms with Crippen molar-refractivity contribution < 1.29 is 12.8 Å². The van der Waals surface area contributed by atoms with Crippen LogP contribution in [0.25, 0.3) is 22.1 Å². The summed E-state index contributed by atoms with van der Waals surface area (Å²) in [6.07, 6.45) is 2.73. The molecule has 0 amide bonds. The monoisotopic (exact) mass is 333 g/mol. The van der Waals surface area contributed by atoms with Crippen LogP contribution >= 0.6 is 0 Å². The van der Waals surface area contributed by atoms with Crippen LogP contribution in [-0.2, 0) is 9.84 Å². The van der Waals surface area contributed by atoms with Gasteiger partial charge < -0.3 is 9.32 Å². The first kappa shape index (κ1) is 15.7. The molecular weight excluding hydrogens is 314 g/mol. The van der Waals surface area contributed by atoms with Crippen molar-refractivity contribution in [1.29, 1.82) is 0 Å². The van der Waals surface area contributed by atoms with E-state index in [0.717, 1.165) is 16.5 Å². The van der Waals surface area contributed by atoms with Gasteiger partial charge in [0.1, 0.15) is 17.4 Å². The average molecular weight is 333 g/mol. The van der Waals surface area contributed by atoms with Gasteiger partial charge in [0.05, 0.1) is 5.25 Å². The lowest BCUT2D eigenvalue weighted by atomic mass is 10.2. The van der Waals surface area contributed by atoms with Crippen molar-refractivity contribution in [2.24, 2.45) is 0 Å². The van der Waals surface area contributed by atoms with Crippen LogP contribution < -0.4 is 4.90 Å². The Morgan fingerprint density at radius 1 is 1.17 bits per heavy atom. The Bertz CT molecular complexity index is 965. The third kappa shape index (κ3) is 2.65. The summed E-state index contributed by atoms with van der Waals surface area (Å²) in [5.74, 6) is 0.592. The number of rotatable bonds is 4. The van der Waals surface area contributed by atoms with E-state index in [1.165, 1.54) is 12.6 Å². The number of benzene rings is 1. The zero-order valence-corrected chi connectivity index (χ0v) is 14.3. The topological polar surface area (TPSA) is 76.3 Å². The van der Waals surface area contributed by atoms with Gasteiger partial charge in [0.25, 0.3) is 0 Å². The van der Waals surface area contributed by atoms with Gasteiger partial charge in [-0.2, -0.15) is 0 Å². The second kappa shape index (κ2) is 5.49. The van der Waals surface area contributed by atoms with Crippen molar-refractivity contribution in [3.05, 3.63) is 30.6 Å². The van der Waals surface area contributed by atoms with Gasteiger partial charge in [0, 0.05) is 24.7 Å². The van der Waals surface area contributed by atoms with Crippen LogP contribution in [0.15, 0.2) is 35.0 Å². The lowest BCUT2D eigenvalue weighted by Crippen LogP contribution is -2.41. The summed E-state index contributed by atoms with van der Waals surface area (Å²) in [6, 6.07) is 7.40. The predicted octanol–water partition coefficient (Wildman–Crippen LogP) is 2.63. The lowest BCUT2D eigenvalue weighted by molar-refractivity contribution is 0.564. The van der Waals surface area contributed by atoms with Gasteiger partial charge >= 0.3 is 0 Å². The van der Waals surface area contributed by atoms with Gasteiger partial charge in [0.15, 0.2) is 21.2 Å². The predicted molar refractivity (Wildman–Crippen MR) is 91.5 cm³/mol. The highest BCUT2D eigenvalue weighted by atomic mass is 32.2. The Morgan fingerprint density at radius 3 is 2.57 bits per heavy atom. The molecule has 0 radical (unpaired) electrons. The standard InChI is InChI=1S/C16H19N3O3S/c1-10(11(2)23(4,20)21)19(3)16-15-14(17-9-18-16)12-7-5-6-8-13(12)22-15/h5-11H,1-4H3/t10-,11+/m1/s1. The summed E-state index contributed by atoms with van der Waals surface area (Å²) in [4.78, 5) is 10.5. The molecule has 0 bridgehead atoms. The van der Waals surface area contributed by atoms with E-state index in [-0.39, 0.29) is 6.04 Å². The van der Waals surface area contributed by atoms with Crippen LogP contribution in [0.2, 0.25) is 0 Å². The molecule has 2 aromatic heterocycles. The highest BCUT2D eigenvalue weighted by molar-refractivity contribution is 7.91. The minimum Gasteiger partial charge on any atom is -0.450 e. The highest BCUT2D eigenvalue weighted by Crippen LogP contribution is 2.32. The second-order valence-corrected chi connectivity index (χ2v) is 8.26. The molecule has 2 atom stereocenters. The van der Waals surface area contributed by atoms with Crippen LogP contribution in [0.5, 0.6) is 0 Å². The van der Waals surface area contributed by atoms with E-state index in [2.05, 4.69) is 9.97 Å². The SMILES string of the molecule is C[C@H]([C@H](C)S(C)(=O)=O)N(C)c1ncnc2c1oc1ccccc12. The molecule has 0 aliphatic heterocycles. The third-order valence-electron chi connectivity index (χ3n) is 4.44. The molecule has 0 saturated heterocycles. The maximum Gasteiger partial charge on any atom is 0.196 e. The van der Waals surface area contributed by atoms with E-state index in [1.807, 2.05) is 43.1 Å². The molecule has 0 aliphatic rings. The number of hydrogen-bond acceptors (Lipinski definition) is 6. The first-order chi connectivity index (χ1) is 10.8. The zero-order chi connectivity index (χ0) is 16.8. The van der Waals surface area contributed by atoms with Crippen LogP contribution in [0.3, 0.4) is 0 Å². The number of hydrogen-bond donors (Lipinski definition) is 0. The molecule has 122 valence electrons. The molecule has 1 aromatic carbocycles. The number of anilines is 1. The summed E-state index contributed by atoms with van der Waals surface area (Å²) < 4.78 is 29.6.